The van der Waals surface area contributed by atoms with E-state index >= 15 is 0 Å². The molecule has 6 heteroatoms. The zero-order chi connectivity index (χ0) is 16.8. The minimum absolute atomic E-state index is 0.0990. The molecule has 0 fully saturated rings. The average molecular weight is 339 g/mol. The Morgan fingerprint density at radius 1 is 1.25 bits per heavy atom. The summed E-state index contributed by atoms with van der Waals surface area (Å²) in [6.45, 7) is 4.30. The first kappa shape index (κ1) is 15.0. The van der Waals surface area contributed by atoms with E-state index in [4.69, 9.17) is 32.4 Å². The number of thiocarbonyl (C=S) groups is 1. The Bertz CT molecular complexity index is 964. The van der Waals surface area contributed by atoms with Gasteiger partial charge in [-0.05, 0) is 42.8 Å². The van der Waals surface area contributed by atoms with Crippen molar-refractivity contribution >= 4 is 22.9 Å². The molecule has 24 heavy (non-hydrogen) atoms. The van der Waals surface area contributed by atoms with E-state index < -0.39 is 0 Å². The van der Waals surface area contributed by atoms with Crippen molar-refractivity contribution in [3.8, 4) is 22.8 Å². The van der Waals surface area contributed by atoms with Crippen molar-refractivity contribution in [2.45, 2.75) is 19.8 Å². The summed E-state index contributed by atoms with van der Waals surface area (Å²) < 4.78 is 12.9. The number of hydrogen-bond acceptors (Lipinski definition) is 4. The molecule has 1 aliphatic rings. The zero-order valence-corrected chi connectivity index (χ0v) is 14.3. The first-order valence-electron chi connectivity index (χ1n) is 7.72. The van der Waals surface area contributed by atoms with Crippen LogP contribution in [0.15, 0.2) is 36.5 Å². The van der Waals surface area contributed by atoms with Gasteiger partial charge >= 0.3 is 0 Å². The smallest absolute Gasteiger partial charge is 0.231 e. The summed E-state index contributed by atoms with van der Waals surface area (Å²) in [6.07, 6.45) is 2.01. The van der Waals surface area contributed by atoms with Crippen LogP contribution in [0.2, 0.25) is 0 Å². The lowest BCUT2D eigenvalue weighted by atomic mass is 10.0. The number of rotatable bonds is 3. The van der Waals surface area contributed by atoms with Crippen molar-refractivity contribution in [1.29, 1.82) is 0 Å². The lowest BCUT2D eigenvalue weighted by Crippen LogP contribution is -2.18. The molecular weight excluding hydrogens is 322 g/mol. The molecule has 3 heterocycles. The van der Waals surface area contributed by atoms with Crippen LogP contribution in [0.25, 0.3) is 16.9 Å². The number of fused-ring (bicyclic) bond motifs is 2. The van der Waals surface area contributed by atoms with Gasteiger partial charge in [0, 0.05) is 17.7 Å². The molecule has 2 N–H and O–H groups in total. The summed E-state index contributed by atoms with van der Waals surface area (Å²) in [4.78, 5) is 5.27. The maximum Gasteiger partial charge on any atom is 0.231 e. The maximum absolute atomic E-state index is 5.93. The Balaban J connectivity index is 1.96. The molecule has 1 unspecified atom stereocenters. The minimum atomic E-state index is -0.0990. The molecule has 0 amide bonds. The molecular formula is C18H17N3O2S. The molecule has 0 aliphatic carbocycles. The van der Waals surface area contributed by atoms with Gasteiger partial charge in [0.2, 0.25) is 6.79 Å². The molecule has 2 aromatic heterocycles. The number of nitrogens with zero attached hydrogens (tertiary/aromatic N) is 2. The molecule has 4 rings (SSSR count). The van der Waals surface area contributed by atoms with E-state index in [9.17, 15) is 0 Å². The summed E-state index contributed by atoms with van der Waals surface area (Å²) in [5, 5.41) is 0. The third-order valence-electron chi connectivity index (χ3n) is 4.30. The van der Waals surface area contributed by atoms with Gasteiger partial charge in [0.15, 0.2) is 11.5 Å². The van der Waals surface area contributed by atoms with Gasteiger partial charge in [0.1, 0.15) is 5.65 Å². The van der Waals surface area contributed by atoms with Crippen LogP contribution in [-0.2, 0) is 0 Å². The van der Waals surface area contributed by atoms with Gasteiger partial charge in [-0.3, -0.25) is 0 Å². The summed E-state index contributed by atoms with van der Waals surface area (Å²) in [6, 6.07) is 9.94. The predicted molar refractivity (Wildman–Crippen MR) is 96.7 cm³/mol. The SMILES string of the molecule is Cc1ccn2c(C(C)C(N)=S)c(-c3ccc4c(c3)OCO4)nc2c1. The molecule has 5 nitrogen and oxygen atoms in total. The quantitative estimate of drug-likeness (QED) is 0.741. The maximum atomic E-state index is 5.93. The fraction of sp³-hybridized carbons (Fsp3) is 0.222. The fourth-order valence-corrected chi connectivity index (χ4v) is 3.08. The lowest BCUT2D eigenvalue weighted by molar-refractivity contribution is 0.174. The van der Waals surface area contributed by atoms with Gasteiger partial charge in [-0.2, -0.15) is 0 Å². The van der Waals surface area contributed by atoms with Gasteiger partial charge < -0.3 is 19.6 Å². The number of hydrogen-bond donors (Lipinski definition) is 1. The Morgan fingerprint density at radius 2 is 2.04 bits per heavy atom. The highest BCUT2D eigenvalue weighted by Crippen LogP contribution is 2.38. The predicted octanol–water partition coefficient (Wildman–Crippen LogP) is 3.43. The number of pyridine rings is 1. The zero-order valence-electron chi connectivity index (χ0n) is 13.4. The molecule has 0 spiro atoms. The highest BCUT2D eigenvalue weighted by molar-refractivity contribution is 7.80. The van der Waals surface area contributed by atoms with Crippen LogP contribution in [0, 0.1) is 6.92 Å². The number of aromatic nitrogens is 2. The molecule has 0 radical (unpaired) electrons. The second-order valence-corrected chi connectivity index (χ2v) is 6.44. The Kier molecular flexibility index (Phi) is 3.42. The second kappa shape index (κ2) is 5.49. The normalized spacial score (nSPS) is 14.1. The molecule has 1 atom stereocenters. The van der Waals surface area contributed by atoms with Crippen LogP contribution in [0.3, 0.4) is 0 Å². The summed E-state index contributed by atoms with van der Waals surface area (Å²) >= 11 is 5.24. The molecule has 0 saturated heterocycles. The van der Waals surface area contributed by atoms with Gasteiger partial charge in [0.05, 0.1) is 16.4 Å². The van der Waals surface area contributed by atoms with E-state index in [1.54, 1.807) is 0 Å². The van der Waals surface area contributed by atoms with Crippen LogP contribution < -0.4 is 15.2 Å². The highest BCUT2D eigenvalue weighted by Gasteiger charge is 2.23. The third-order valence-corrected chi connectivity index (χ3v) is 4.66. The Labute approximate surface area is 145 Å². The number of aryl methyl sites for hydroxylation is 1. The molecule has 122 valence electrons. The van der Waals surface area contributed by atoms with Crippen LogP contribution in [-0.4, -0.2) is 21.2 Å². The number of nitrogens with two attached hydrogens (primary N) is 1. The minimum Gasteiger partial charge on any atom is -0.454 e. The monoisotopic (exact) mass is 339 g/mol. The van der Waals surface area contributed by atoms with Crippen LogP contribution in [0.1, 0.15) is 24.1 Å². The fourth-order valence-electron chi connectivity index (χ4n) is 2.97. The van der Waals surface area contributed by atoms with Gasteiger partial charge in [-0.1, -0.05) is 19.1 Å². The van der Waals surface area contributed by atoms with Crippen molar-refractivity contribution in [1.82, 2.24) is 9.38 Å². The van der Waals surface area contributed by atoms with Gasteiger partial charge in [0.25, 0.3) is 0 Å². The van der Waals surface area contributed by atoms with E-state index in [-0.39, 0.29) is 12.7 Å². The van der Waals surface area contributed by atoms with Crippen LogP contribution >= 0.6 is 12.2 Å². The summed E-state index contributed by atoms with van der Waals surface area (Å²) in [5.41, 5.74) is 10.8. The summed E-state index contributed by atoms with van der Waals surface area (Å²) in [7, 11) is 0. The third kappa shape index (κ3) is 2.30. The van der Waals surface area contributed by atoms with Crippen molar-refractivity contribution < 1.29 is 9.47 Å². The van der Waals surface area contributed by atoms with Gasteiger partial charge in [-0.15, -0.1) is 0 Å². The van der Waals surface area contributed by atoms with E-state index in [1.165, 1.54) is 0 Å². The van der Waals surface area contributed by atoms with Crippen LogP contribution in [0.5, 0.6) is 11.5 Å². The molecule has 1 aromatic carbocycles. The van der Waals surface area contributed by atoms with Crippen molar-refractivity contribution in [2.24, 2.45) is 5.73 Å². The number of ether oxygens (including phenoxy) is 2. The van der Waals surface area contributed by atoms with E-state index in [0.717, 1.165) is 39.7 Å². The summed E-state index contributed by atoms with van der Waals surface area (Å²) in [5.74, 6) is 1.38. The molecule has 3 aromatic rings. The van der Waals surface area contributed by atoms with Crippen LogP contribution in [0.4, 0.5) is 0 Å². The largest absolute Gasteiger partial charge is 0.454 e. The van der Waals surface area contributed by atoms with Crippen molar-refractivity contribution in [2.75, 3.05) is 6.79 Å². The topological polar surface area (TPSA) is 61.8 Å². The van der Waals surface area contributed by atoms with E-state index in [1.807, 2.05) is 50.4 Å². The van der Waals surface area contributed by atoms with Gasteiger partial charge in [-0.25, -0.2) is 4.98 Å². The standard InChI is InChI=1S/C18H17N3O2S/c1-10-5-6-21-15(7-10)20-16(17(21)11(2)18(19)24)12-3-4-13-14(8-12)23-9-22-13/h3-8,11H,9H2,1-2H3,(H2,19,24). The number of benzene rings is 1. The van der Waals surface area contributed by atoms with E-state index in [0.29, 0.717) is 4.99 Å². The first-order valence-corrected chi connectivity index (χ1v) is 8.13. The molecule has 0 saturated carbocycles. The number of imidazole rings is 1. The first-order chi connectivity index (χ1) is 11.5. The molecule has 0 bridgehead atoms. The lowest BCUT2D eigenvalue weighted by Gasteiger charge is -2.12. The average Bonchev–Trinajstić information content (AvgIpc) is 3.16. The highest BCUT2D eigenvalue weighted by atomic mass is 32.1. The Hall–Kier alpha value is -2.60. The van der Waals surface area contributed by atoms with Crippen molar-refractivity contribution in [3.63, 3.8) is 0 Å². The second-order valence-electron chi connectivity index (χ2n) is 5.97. The molecule has 1 aliphatic heterocycles. The van der Waals surface area contributed by atoms with Crippen molar-refractivity contribution in [3.05, 3.63) is 47.8 Å². The van der Waals surface area contributed by atoms with E-state index in [2.05, 4.69) is 4.40 Å². The Morgan fingerprint density at radius 3 is 2.83 bits per heavy atom.